The molecule has 0 amide bonds. The Morgan fingerprint density at radius 3 is 2.41 bits per heavy atom. The van der Waals surface area contributed by atoms with E-state index in [-0.39, 0.29) is 11.1 Å². The summed E-state index contributed by atoms with van der Waals surface area (Å²) in [6, 6.07) is 10.9. The van der Waals surface area contributed by atoms with Crippen molar-refractivity contribution >= 4 is 0 Å². The molecule has 110 valence electrons. The van der Waals surface area contributed by atoms with E-state index in [9.17, 15) is 9.90 Å². The third-order valence-electron chi connectivity index (χ3n) is 2.99. The van der Waals surface area contributed by atoms with Gasteiger partial charge in [-0.25, -0.2) is 0 Å². The van der Waals surface area contributed by atoms with Crippen molar-refractivity contribution in [2.45, 2.75) is 26.4 Å². The number of aromatic nitrogens is 1. The Morgan fingerprint density at radius 1 is 1.23 bits per heavy atom. The van der Waals surface area contributed by atoms with Gasteiger partial charge in [0.1, 0.15) is 17.2 Å². The van der Waals surface area contributed by atoms with Gasteiger partial charge >= 0.3 is 0 Å². The van der Waals surface area contributed by atoms with Gasteiger partial charge in [0.25, 0.3) is 5.56 Å². The van der Waals surface area contributed by atoms with E-state index >= 15 is 0 Å². The molecule has 4 heteroatoms. The number of aliphatic hydroxyl groups is 1. The zero-order chi connectivity index (χ0) is 16.3. The van der Waals surface area contributed by atoms with Gasteiger partial charge in [0, 0.05) is 16.8 Å². The van der Waals surface area contributed by atoms with Crippen LogP contribution in [-0.4, -0.2) is 15.7 Å². The number of hydrogen-bond acceptors (Lipinski definition) is 3. The van der Waals surface area contributed by atoms with Crippen LogP contribution in [0, 0.1) is 30.1 Å². The van der Waals surface area contributed by atoms with Gasteiger partial charge in [0.15, 0.2) is 0 Å². The highest BCUT2D eigenvalue weighted by Crippen LogP contribution is 2.22. The highest BCUT2D eigenvalue weighted by Gasteiger charge is 2.10. The second-order valence-electron chi connectivity index (χ2n) is 5.57. The summed E-state index contributed by atoms with van der Waals surface area (Å²) in [7, 11) is 0. The fourth-order valence-electron chi connectivity index (χ4n) is 1.99. The summed E-state index contributed by atoms with van der Waals surface area (Å²) in [5.74, 6) is 5.62. The zero-order valence-electron chi connectivity index (χ0n) is 12.7. The Balaban J connectivity index is 2.46. The van der Waals surface area contributed by atoms with Crippen LogP contribution in [0.15, 0.2) is 35.1 Å². The standard InChI is InChI=1S/C18H16N2O2/c1-12-10-15(16(11-19)17(21)20-12)14-6-4-13(5-7-14)8-9-18(2,3)22/h4-7,10,22H,1-3H3,(H,20,21). The summed E-state index contributed by atoms with van der Waals surface area (Å²) in [6.45, 7) is 5.01. The predicted molar refractivity (Wildman–Crippen MR) is 85.1 cm³/mol. The number of pyridine rings is 1. The number of benzene rings is 1. The predicted octanol–water partition coefficient (Wildman–Crippen LogP) is 2.34. The van der Waals surface area contributed by atoms with Gasteiger partial charge in [0.2, 0.25) is 0 Å². The molecular weight excluding hydrogens is 276 g/mol. The van der Waals surface area contributed by atoms with Crippen LogP contribution in [0.2, 0.25) is 0 Å². The van der Waals surface area contributed by atoms with E-state index in [1.165, 1.54) is 0 Å². The van der Waals surface area contributed by atoms with Crippen LogP contribution in [0.4, 0.5) is 0 Å². The van der Waals surface area contributed by atoms with Crippen LogP contribution in [0.25, 0.3) is 11.1 Å². The van der Waals surface area contributed by atoms with Crippen LogP contribution >= 0.6 is 0 Å². The molecule has 2 N–H and O–H groups in total. The molecule has 22 heavy (non-hydrogen) atoms. The first-order valence-corrected chi connectivity index (χ1v) is 6.80. The smallest absolute Gasteiger partial charge is 0.266 e. The first kappa shape index (κ1) is 15.6. The largest absolute Gasteiger partial charge is 0.378 e. The summed E-state index contributed by atoms with van der Waals surface area (Å²) in [6.07, 6.45) is 0. The molecular formula is C18H16N2O2. The van der Waals surface area contributed by atoms with E-state index in [2.05, 4.69) is 16.8 Å². The Hall–Kier alpha value is -2.82. The van der Waals surface area contributed by atoms with Crippen LogP contribution < -0.4 is 5.56 Å². The van der Waals surface area contributed by atoms with Crippen molar-refractivity contribution in [1.82, 2.24) is 4.98 Å². The van der Waals surface area contributed by atoms with E-state index < -0.39 is 5.60 Å². The van der Waals surface area contributed by atoms with E-state index in [1.54, 1.807) is 39.0 Å². The quantitative estimate of drug-likeness (QED) is 0.792. The summed E-state index contributed by atoms with van der Waals surface area (Å²) in [5, 5.41) is 18.8. The fourth-order valence-corrected chi connectivity index (χ4v) is 1.99. The Labute approximate surface area is 129 Å². The van der Waals surface area contributed by atoms with Gasteiger partial charge in [-0.2, -0.15) is 5.26 Å². The molecule has 0 fully saturated rings. The monoisotopic (exact) mass is 292 g/mol. The first-order chi connectivity index (χ1) is 10.3. The average molecular weight is 292 g/mol. The molecule has 0 saturated heterocycles. The number of aromatic amines is 1. The molecule has 0 saturated carbocycles. The number of nitriles is 1. The van der Waals surface area contributed by atoms with Crippen molar-refractivity contribution in [2.75, 3.05) is 0 Å². The van der Waals surface area contributed by atoms with Crippen molar-refractivity contribution in [2.24, 2.45) is 0 Å². The van der Waals surface area contributed by atoms with E-state index in [4.69, 9.17) is 5.26 Å². The highest BCUT2D eigenvalue weighted by molar-refractivity contribution is 5.70. The van der Waals surface area contributed by atoms with Gasteiger partial charge in [0.05, 0.1) is 0 Å². The van der Waals surface area contributed by atoms with Gasteiger partial charge in [-0.15, -0.1) is 0 Å². The number of rotatable bonds is 1. The molecule has 0 atom stereocenters. The molecule has 0 spiro atoms. The molecule has 2 rings (SSSR count). The van der Waals surface area contributed by atoms with Crippen molar-refractivity contribution in [3.63, 3.8) is 0 Å². The highest BCUT2D eigenvalue weighted by atomic mass is 16.3. The third-order valence-corrected chi connectivity index (χ3v) is 2.99. The lowest BCUT2D eigenvalue weighted by atomic mass is 10.00. The summed E-state index contributed by atoms with van der Waals surface area (Å²) < 4.78 is 0. The topological polar surface area (TPSA) is 76.9 Å². The molecule has 0 aliphatic rings. The van der Waals surface area contributed by atoms with Crippen molar-refractivity contribution in [1.29, 1.82) is 5.26 Å². The molecule has 2 aromatic rings. The molecule has 0 radical (unpaired) electrons. The molecule has 4 nitrogen and oxygen atoms in total. The number of aryl methyl sites for hydroxylation is 1. The number of nitrogens with one attached hydrogen (secondary N) is 1. The maximum Gasteiger partial charge on any atom is 0.266 e. The summed E-state index contributed by atoms with van der Waals surface area (Å²) in [5.41, 5.74) is 1.50. The molecule has 1 aromatic carbocycles. The Kier molecular flexibility index (Phi) is 4.17. The van der Waals surface area contributed by atoms with Crippen LogP contribution in [0.5, 0.6) is 0 Å². The van der Waals surface area contributed by atoms with Gasteiger partial charge in [-0.1, -0.05) is 24.0 Å². The molecule has 1 heterocycles. The minimum atomic E-state index is -1.05. The van der Waals surface area contributed by atoms with Crippen LogP contribution in [-0.2, 0) is 0 Å². The van der Waals surface area contributed by atoms with E-state index in [0.29, 0.717) is 11.3 Å². The lowest BCUT2D eigenvalue weighted by Crippen LogP contribution is -2.14. The minimum absolute atomic E-state index is 0.0981. The van der Waals surface area contributed by atoms with Gasteiger partial charge < -0.3 is 10.1 Å². The SMILES string of the molecule is Cc1cc(-c2ccc(C#CC(C)(C)O)cc2)c(C#N)c(=O)[nH]1. The molecule has 0 bridgehead atoms. The van der Waals surface area contributed by atoms with E-state index in [0.717, 1.165) is 11.1 Å². The third kappa shape index (κ3) is 3.63. The minimum Gasteiger partial charge on any atom is -0.378 e. The summed E-state index contributed by atoms with van der Waals surface area (Å²) in [4.78, 5) is 14.4. The number of H-pyrrole nitrogens is 1. The lowest BCUT2D eigenvalue weighted by molar-refractivity contribution is 0.143. The molecule has 0 unspecified atom stereocenters. The molecule has 0 aliphatic heterocycles. The zero-order valence-corrected chi connectivity index (χ0v) is 12.7. The second kappa shape index (κ2) is 5.89. The van der Waals surface area contributed by atoms with Crippen LogP contribution in [0.1, 0.15) is 30.7 Å². The maximum atomic E-state index is 11.8. The van der Waals surface area contributed by atoms with Gasteiger partial charge in [-0.05, 0) is 44.5 Å². The average Bonchev–Trinajstić information content (AvgIpc) is 2.44. The number of hydrogen-bond donors (Lipinski definition) is 2. The normalized spacial score (nSPS) is 10.5. The molecule has 0 aliphatic carbocycles. The van der Waals surface area contributed by atoms with Crippen molar-refractivity contribution < 1.29 is 5.11 Å². The van der Waals surface area contributed by atoms with Crippen molar-refractivity contribution in [3.05, 3.63) is 57.5 Å². The lowest BCUT2D eigenvalue weighted by Gasteiger charge is -2.07. The van der Waals surface area contributed by atoms with Crippen molar-refractivity contribution in [3.8, 4) is 29.0 Å². The van der Waals surface area contributed by atoms with E-state index in [1.807, 2.05) is 18.2 Å². The Morgan fingerprint density at radius 2 is 1.86 bits per heavy atom. The second-order valence-corrected chi connectivity index (χ2v) is 5.57. The fraction of sp³-hybridized carbons (Fsp3) is 0.222. The Bertz CT molecular complexity index is 852. The molecule has 1 aromatic heterocycles. The van der Waals surface area contributed by atoms with Gasteiger partial charge in [-0.3, -0.25) is 4.79 Å². The van der Waals surface area contributed by atoms with Crippen LogP contribution in [0.3, 0.4) is 0 Å². The number of nitrogens with zero attached hydrogens (tertiary/aromatic N) is 1. The first-order valence-electron chi connectivity index (χ1n) is 6.80. The summed E-state index contributed by atoms with van der Waals surface area (Å²) >= 11 is 0. The maximum absolute atomic E-state index is 11.8.